The topological polar surface area (TPSA) is 201 Å². The molecule has 0 saturated carbocycles. The molecule has 0 N–H and O–H groups in total. The Morgan fingerprint density at radius 1 is 0.151 bits per heavy atom. The number of para-hydroxylation sites is 4. The molecule has 146 heavy (non-hydrogen) atoms. The third kappa shape index (κ3) is 15.6. The van der Waals surface area contributed by atoms with E-state index in [2.05, 4.69) is 427 Å². The maximum absolute atomic E-state index is 6.63. The first-order chi connectivity index (χ1) is 72.3. The first-order valence-electron chi connectivity index (χ1n) is 48.3. The van der Waals surface area contributed by atoms with Crippen LogP contribution in [0.25, 0.3) is 269 Å². The Morgan fingerprint density at radius 3 is 0.747 bits per heavy atom. The van der Waals surface area contributed by atoms with E-state index in [1.165, 1.54) is 11.1 Å². The lowest BCUT2D eigenvalue weighted by atomic mass is 10.0. The van der Waals surface area contributed by atoms with Gasteiger partial charge in [-0.15, -0.1) is 20.4 Å². The van der Waals surface area contributed by atoms with Crippen LogP contribution in [-0.4, -0.2) is 78.5 Å². The molecule has 684 valence electrons. The predicted octanol–water partition coefficient (Wildman–Crippen LogP) is 31.0. The Morgan fingerprint density at radius 2 is 0.397 bits per heavy atom. The molecule has 0 unspecified atom stereocenters. The molecule has 18 nitrogen and oxygen atoms in total. The van der Waals surface area contributed by atoms with Crippen LogP contribution in [0.2, 0.25) is 0 Å². The van der Waals surface area contributed by atoms with Crippen LogP contribution >= 0.6 is 0 Å². The second-order valence-electron chi connectivity index (χ2n) is 36.1. The van der Waals surface area contributed by atoms with E-state index in [1.807, 2.05) is 97.6 Å². The van der Waals surface area contributed by atoms with Gasteiger partial charge in [0.1, 0.15) is 0 Å². The minimum absolute atomic E-state index is 0.399. The standard InChI is InChI=1S/C70H44N8O.C58H36N8O/c1-3-13-45(14-4-1)47-25-29-49(30-26-47)61-37-39-71-67(73-61)51-17-11-19-55(41-51)77-63-23-9-7-21-57(63)59-35-33-53(43-65(59)77)69-75-76-70(79-69)54-34-36-60-58-22-8-10-24-64(58)78(66(60)44-54)56-20-12-18-52(42-56)68-72-40-38-62(74-68)50-31-27-48(28-32-50)46-15-5-2-6-16-46;1-3-13-37(14-4-1)39-17-11-19-41(33-39)49-29-31-59-57(61-49)65-51-23-9-7-21-45(51)47-27-25-43(35-53(47)65)55-63-64-56(67-55)44-26-28-48-46-22-8-10-24-52(46)66(54(48)36-44)58-60-32-30-50(62-58)42-20-12-18-40(34-42)38-15-5-2-6-16-38/h1-44H;1-36H. The number of aromatic nitrogens is 16. The van der Waals surface area contributed by atoms with Crippen molar-refractivity contribution < 1.29 is 8.83 Å². The molecule has 0 amide bonds. The number of fused-ring (bicyclic) bond motifs is 12. The molecule has 18 heteroatoms. The number of nitrogens with zero attached hydrogens (tertiary/aromatic N) is 16. The highest BCUT2D eigenvalue weighted by Crippen LogP contribution is 2.44. The maximum atomic E-state index is 6.63. The maximum Gasteiger partial charge on any atom is 0.248 e. The summed E-state index contributed by atoms with van der Waals surface area (Å²) < 4.78 is 22.0. The number of rotatable bonds is 18. The Labute approximate surface area is 836 Å². The van der Waals surface area contributed by atoms with Gasteiger partial charge < -0.3 is 18.0 Å². The highest BCUT2D eigenvalue weighted by atomic mass is 16.4. The van der Waals surface area contributed by atoms with Crippen molar-refractivity contribution in [3.8, 4) is 181 Å². The van der Waals surface area contributed by atoms with Gasteiger partial charge in [0.05, 0.1) is 66.9 Å². The zero-order valence-corrected chi connectivity index (χ0v) is 78.2. The van der Waals surface area contributed by atoms with Crippen molar-refractivity contribution >= 4 is 87.2 Å². The Balaban J connectivity index is 0.000000147. The molecular weight excluding hydrogens is 1790 g/mol. The SMILES string of the molecule is c1ccc(-c2ccc(-c3ccnc(-c4cccc(-n5c6ccccc6c6ccc(-c7nnc(-c8ccc9c%10ccccc%10n(-c%10cccc(-c%11nccc(-c%12ccc(-c%13ccccc%13)cc%12)n%11)c%10)c9c8)o7)cc65)c4)n3)cc2)cc1.c1ccc(-c2cccc(-c3ccnc(-n4c5ccccc5c5ccc(-c6nnc(-c7ccc8c9ccccc9n(-c9nccc(-c%10cccc(-c%11ccccc%11)c%10)n9)c8c7)o6)cc54)n3)c2)cc1. The summed E-state index contributed by atoms with van der Waals surface area (Å²) in [7, 11) is 0. The predicted molar refractivity (Wildman–Crippen MR) is 584 cm³/mol. The fourth-order valence-electron chi connectivity index (χ4n) is 20.3. The molecule has 0 aliphatic carbocycles. The Kier molecular flexibility index (Phi) is 21.1. The largest absolute Gasteiger partial charge is 0.416 e. The van der Waals surface area contributed by atoms with E-state index in [-0.39, 0.29) is 0 Å². The van der Waals surface area contributed by atoms with E-state index in [0.29, 0.717) is 47.1 Å². The highest BCUT2D eigenvalue weighted by molar-refractivity contribution is 6.14. The normalized spacial score (nSPS) is 11.6. The lowest BCUT2D eigenvalue weighted by Crippen LogP contribution is -2.01. The van der Waals surface area contributed by atoms with Gasteiger partial charge in [-0.25, -0.2) is 39.9 Å². The fraction of sp³-hybridized carbons (Fsp3) is 0. The average molecular weight is 1870 g/mol. The van der Waals surface area contributed by atoms with Gasteiger partial charge in [0.15, 0.2) is 11.6 Å². The van der Waals surface area contributed by atoms with Gasteiger partial charge in [-0.3, -0.25) is 9.13 Å². The number of hydrogen-bond donors (Lipinski definition) is 0. The van der Waals surface area contributed by atoms with Crippen LogP contribution in [0.1, 0.15) is 0 Å². The number of benzene rings is 18. The second kappa shape index (κ2) is 36.2. The molecule has 0 aliphatic heterocycles. The van der Waals surface area contributed by atoms with Crippen molar-refractivity contribution in [1.82, 2.24) is 78.5 Å². The summed E-state index contributed by atoms with van der Waals surface area (Å²) in [4.78, 5) is 39.6. The average Bonchev–Trinajstić information content (AvgIpc) is 1.60. The van der Waals surface area contributed by atoms with Gasteiger partial charge in [-0.05, 0) is 178 Å². The molecular formula is C128H80N16O2. The monoisotopic (exact) mass is 1870 g/mol. The molecule has 0 atom stereocenters. The quantitative estimate of drug-likeness (QED) is 0.0785. The van der Waals surface area contributed by atoms with Crippen molar-refractivity contribution in [3.63, 3.8) is 0 Å². The lowest BCUT2D eigenvalue weighted by Gasteiger charge is -2.11. The van der Waals surface area contributed by atoms with E-state index in [1.54, 1.807) is 0 Å². The van der Waals surface area contributed by atoms with Crippen molar-refractivity contribution in [2.75, 3.05) is 0 Å². The summed E-state index contributed by atoms with van der Waals surface area (Å²) >= 11 is 0. The molecule has 0 bridgehead atoms. The van der Waals surface area contributed by atoms with Crippen LogP contribution in [0.3, 0.4) is 0 Å². The summed E-state index contributed by atoms with van der Waals surface area (Å²) in [6, 6.07) is 159. The molecule has 10 aromatic heterocycles. The van der Waals surface area contributed by atoms with Crippen LogP contribution in [0.4, 0.5) is 0 Å². The van der Waals surface area contributed by atoms with E-state index in [9.17, 15) is 0 Å². The summed E-state index contributed by atoms with van der Waals surface area (Å²) in [6.07, 6.45) is 7.32. The van der Waals surface area contributed by atoms with Crippen molar-refractivity contribution in [2.24, 2.45) is 0 Å². The minimum Gasteiger partial charge on any atom is -0.416 e. The van der Waals surface area contributed by atoms with Crippen molar-refractivity contribution in [3.05, 3.63) is 486 Å². The summed E-state index contributed by atoms with van der Waals surface area (Å²) in [5.74, 6) is 4.07. The van der Waals surface area contributed by atoms with Gasteiger partial charge in [0, 0.05) is 135 Å². The van der Waals surface area contributed by atoms with Crippen LogP contribution < -0.4 is 0 Å². The van der Waals surface area contributed by atoms with Gasteiger partial charge in [-0.1, -0.05) is 328 Å². The molecule has 0 spiro atoms. The van der Waals surface area contributed by atoms with Gasteiger partial charge in [-0.2, -0.15) is 0 Å². The van der Waals surface area contributed by atoms with Crippen molar-refractivity contribution in [2.45, 2.75) is 0 Å². The molecule has 10 heterocycles. The first kappa shape index (κ1) is 85.0. The van der Waals surface area contributed by atoms with Crippen LogP contribution in [-0.2, 0) is 0 Å². The smallest absolute Gasteiger partial charge is 0.248 e. The summed E-state index contributed by atoms with van der Waals surface area (Å²) in [5.41, 5.74) is 31.6. The third-order valence-electron chi connectivity index (χ3n) is 27.4. The summed E-state index contributed by atoms with van der Waals surface area (Å²) in [6.45, 7) is 0. The van der Waals surface area contributed by atoms with E-state index < -0.39 is 0 Å². The second-order valence-corrected chi connectivity index (χ2v) is 36.1. The van der Waals surface area contributed by atoms with Gasteiger partial charge in [0.2, 0.25) is 35.5 Å². The van der Waals surface area contributed by atoms with Gasteiger partial charge >= 0.3 is 0 Å². The first-order valence-corrected chi connectivity index (χ1v) is 48.3. The lowest BCUT2D eigenvalue weighted by molar-refractivity contribution is 0.584. The molecule has 28 aromatic rings. The van der Waals surface area contributed by atoms with Gasteiger partial charge in [0.25, 0.3) is 0 Å². The summed E-state index contributed by atoms with van der Waals surface area (Å²) in [5, 5.41) is 27.3. The van der Waals surface area contributed by atoms with Crippen LogP contribution in [0, 0.1) is 0 Å². The van der Waals surface area contributed by atoms with Crippen LogP contribution in [0.5, 0.6) is 0 Å². The molecule has 28 rings (SSSR count). The molecule has 0 saturated heterocycles. The fourth-order valence-corrected chi connectivity index (χ4v) is 20.3. The molecule has 18 aromatic carbocycles. The highest BCUT2D eigenvalue weighted by Gasteiger charge is 2.26. The van der Waals surface area contributed by atoms with Crippen molar-refractivity contribution in [1.29, 1.82) is 0 Å². The molecule has 0 radical (unpaired) electrons. The molecule has 0 aliphatic rings. The zero-order chi connectivity index (χ0) is 96.5. The van der Waals surface area contributed by atoms with E-state index in [0.717, 1.165) is 210 Å². The minimum atomic E-state index is 0.399. The van der Waals surface area contributed by atoms with E-state index in [4.69, 9.17) is 48.7 Å². The number of hydrogen-bond acceptors (Lipinski definition) is 14. The third-order valence-corrected chi connectivity index (χ3v) is 27.4. The Hall–Kier alpha value is -20.2. The molecule has 0 fully saturated rings. The van der Waals surface area contributed by atoms with Crippen LogP contribution in [0.15, 0.2) is 495 Å². The van der Waals surface area contributed by atoms with E-state index >= 15 is 0 Å². The Bertz CT molecular complexity index is 9340. The zero-order valence-electron chi connectivity index (χ0n) is 78.2.